The molecule has 0 aliphatic rings. The molecule has 0 aliphatic heterocycles. The highest BCUT2D eigenvalue weighted by atomic mass is 79.9. The van der Waals surface area contributed by atoms with Crippen LogP contribution in [-0.4, -0.2) is 6.18 Å². The van der Waals surface area contributed by atoms with Crippen LogP contribution in [0.15, 0.2) is 22.7 Å². The summed E-state index contributed by atoms with van der Waals surface area (Å²) in [6.07, 6.45) is -4.45. The van der Waals surface area contributed by atoms with Gasteiger partial charge in [0, 0.05) is 4.47 Å². The molecule has 14 heavy (non-hydrogen) atoms. The zero-order valence-electron chi connectivity index (χ0n) is 6.78. The first kappa shape index (κ1) is 11.8. The van der Waals surface area contributed by atoms with Crippen molar-refractivity contribution in [1.29, 1.82) is 0 Å². The van der Waals surface area contributed by atoms with Gasteiger partial charge in [0.1, 0.15) is 6.04 Å². The van der Waals surface area contributed by atoms with Gasteiger partial charge < -0.3 is 5.73 Å². The molecule has 1 atom stereocenters. The van der Waals surface area contributed by atoms with Gasteiger partial charge in [-0.1, -0.05) is 17.7 Å². The maximum Gasteiger partial charge on any atom is 0.407 e. The van der Waals surface area contributed by atoms with Crippen LogP contribution in [0.25, 0.3) is 0 Å². The van der Waals surface area contributed by atoms with Crippen LogP contribution in [0, 0.1) is 0 Å². The zero-order chi connectivity index (χ0) is 10.9. The lowest BCUT2D eigenvalue weighted by molar-refractivity contribution is -0.149. The quantitative estimate of drug-likeness (QED) is 0.838. The van der Waals surface area contributed by atoms with E-state index in [1.165, 1.54) is 18.2 Å². The van der Waals surface area contributed by atoms with E-state index in [1.54, 1.807) is 0 Å². The largest absolute Gasteiger partial charge is 0.407 e. The smallest absolute Gasteiger partial charge is 0.316 e. The minimum atomic E-state index is -4.45. The van der Waals surface area contributed by atoms with Crippen molar-refractivity contribution in [2.75, 3.05) is 0 Å². The van der Waals surface area contributed by atoms with Crippen molar-refractivity contribution in [3.8, 4) is 0 Å². The summed E-state index contributed by atoms with van der Waals surface area (Å²) in [6, 6.07) is 1.93. The number of halogens is 5. The second-order valence-electron chi connectivity index (χ2n) is 2.69. The third-order valence-corrected chi connectivity index (χ3v) is 2.89. The third kappa shape index (κ3) is 2.62. The average Bonchev–Trinajstić information content (AvgIpc) is 2.07. The highest BCUT2D eigenvalue weighted by Crippen LogP contribution is 2.33. The predicted molar refractivity (Wildman–Crippen MR) is 52.1 cm³/mol. The molecule has 1 aromatic carbocycles. The van der Waals surface area contributed by atoms with E-state index in [2.05, 4.69) is 15.9 Å². The maximum atomic E-state index is 12.2. The Morgan fingerprint density at radius 3 is 2.36 bits per heavy atom. The monoisotopic (exact) mass is 287 g/mol. The number of alkyl halides is 3. The number of hydrogen-bond acceptors (Lipinski definition) is 1. The van der Waals surface area contributed by atoms with Crippen LogP contribution in [0.1, 0.15) is 11.6 Å². The molecule has 0 amide bonds. The molecule has 1 nitrogen and oxygen atoms in total. The summed E-state index contributed by atoms with van der Waals surface area (Å²) in [5.74, 6) is 0. The molecule has 0 spiro atoms. The van der Waals surface area contributed by atoms with E-state index >= 15 is 0 Å². The summed E-state index contributed by atoms with van der Waals surface area (Å²) in [4.78, 5) is 0. The topological polar surface area (TPSA) is 26.0 Å². The summed E-state index contributed by atoms with van der Waals surface area (Å²) in [5, 5.41) is 0.210. The van der Waals surface area contributed by atoms with Crippen LogP contribution in [-0.2, 0) is 0 Å². The lowest BCUT2D eigenvalue weighted by Crippen LogP contribution is -2.28. The molecule has 6 heteroatoms. The molecule has 0 fully saturated rings. The molecule has 2 N–H and O–H groups in total. The third-order valence-electron chi connectivity index (χ3n) is 1.66. The van der Waals surface area contributed by atoms with Crippen molar-refractivity contribution < 1.29 is 13.2 Å². The molecule has 0 saturated heterocycles. The molecule has 0 aromatic heterocycles. The van der Waals surface area contributed by atoms with Crippen molar-refractivity contribution in [3.63, 3.8) is 0 Å². The second kappa shape index (κ2) is 4.08. The average molecular weight is 288 g/mol. The molecule has 0 aliphatic carbocycles. The van der Waals surface area contributed by atoms with E-state index in [9.17, 15) is 13.2 Å². The number of benzene rings is 1. The first-order valence-corrected chi connectivity index (χ1v) is 4.76. The summed E-state index contributed by atoms with van der Waals surface area (Å²) in [7, 11) is 0. The maximum absolute atomic E-state index is 12.2. The fourth-order valence-electron chi connectivity index (χ4n) is 0.895. The molecule has 1 rings (SSSR count). The highest BCUT2D eigenvalue weighted by Gasteiger charge is 2.37. The standard InChI is InChI=1S/C8H6BrClF3N/c9-5-2-1-4(3-6(5)10)7(14)8(11,12)13/h1-3,7H,14H2/t7-/m0/s1. The summed E-state index contributed by atoms with van der Waals surface area (Å²) >= 11 is 8.71. The van der Waals surface area contributed by atoms with E-state index in [4.69, 9.17) is 17.3 Å². The lowest BCUT2D eigenvalue weighted by Gasteiger charge is -2.16. The Hall–Kier alpha value is -0.260. The Balaban J connectivity index is 3.03. The molecule has 0 saturated carbocycles. The zero-order valence-corrected chi connectivity index (χ0v) is 9.12. The van der Waals surface area contributed by atoms with Crippen LogP contribution < -0.4 is 5.73 Å². The van der Waals surface area contributed by atoms with Gasteiger partial charge in [0.25, 0.3) is 0 Å². The fourth-order valence-corrected chi connectivity index (χ4v) is 1.33. The minimum Gasteiger partial charge on any atom is -0.316 e. The molecule has 0 radical (unpaired) electrons. The first-order chi connectivity index (χ1) is 6.32. The van der Waals surface area contributed by atoms with Gasteiger partial charge in [-0.15, -0.1) is 0 Å². The fraction of sp³-hybridized carbons (Fsp3) is 0.250. The van der Waals surface area contributed by atoms with Crippen LogP contribution in [0.3, 0.4) is 0 Å². The SMILES string of the molecule is N[C@@H](c1ccc(Br)c(Cl)c1)C(F)(F)F. The Bertz CT molecular complexity index is 340. The van der Waals surface area contributed by atoms with Crippen molar-refractivity contribution in [2.45, 2.75) is 12.2 Å². The van der Waals surface area contributed by atoms with Crippen LogP contribution in [0.5, 0.6) is 0 Å². The molecular weight excluding hydrogens is 282 g/mol. The van der Waals surface area contributed by atoms with E-state index in [0.717, 1.165) is 0 Å². The predicted octanol–water partition coefficient (Wildman–Crippen LogP) is 3.66. The van der Waals surface area contributed by atoms with E-state index in [1.807, 2.05) is 0 Å². The Morgan fingerprint density at radius 1 is 1.36 bits per heavy atom. The summed E-state index contributed by atoms with van der Waals surface area (Å²) in [6.45, 7) is 0. The Kier molecular flexibility index (Phi) is 3.44. The van der Waals surface area contributed by atoms with Crippen molar-refractivity contribution >= 4 is 27.5 Å². The van der Waals surface area contributed by atoms with Gasteiger partial charge in [0.05, 0.1) is 5.02 Å². The van der Waals surface area contributed by atoms with Gasteiger partial charge in [0.15, 0.2) is 0 Å². The molecule has 1 aromatic rings. The second-order valence-corrected chi connectivity index (χ2v) is 3.95. The molecule has 0 heterocycles. The highest BCUT2D eigenvalue weighted by molar-refractivity contribution is 9.10. The van der Waals surface area contributed by atoms with Crippen molar-refractivity contribution in [3.05, 3.63) is 33.3 Å². The molecule has 0 bridgehead atoms. The summed E-state index contributed by atoms with van der Waals surface area (Å²) < 4.78 is 37.1. The van der Waals surface area contributed by atoms with E-state index < -0.39 is 12.2 Å². The molecule has 78 valence electrons. The van der Waals surface area contributed by atoms with Gasteiger partial charge in [-0.2, -0.15) is 13.2 Å². The molecule has 0 unspecified atom stereocenters. The minimum absolute atomic E-state index is 0.0503. The van der Waals surface area contributed by atoms with Crippen molar-refractivity contribution in [1.82, 2.24) is 0 Å². The lowest BCUT2D eigenvalue weighted by atomic mass is 10.1. The number of hydrogen-bond donors (Lipinski definition) is 1. The van der Waals surface area contributed by atoms with Gasteiger partial charge in [0.2, 0.25) is 0 Å². The molecular formula is C8H6BrClF3N. The van der Waals surface area contributed by atoms with Gasteiger partial charge >= 0.3 is 6.18 Å². The van der Waals surface area contributed by atoms with Crippen LogP contribution in [0.2, 0.25) is 5.02 Å². The number of rotatable bonds is 1. The van der Waals surface area contributed by atoms with Gasteiger partial charge in [-0.25, -0.2) is 0 Å². The Labute approximate surface area is 92.2 Å². The van der Waals surface area contributed by atoms with E-state index in [-0.39, 0.29) is 10.6 Å². The van der Waals surface area contributed by atoms with Crippen molar-refractivity contribution in [2.24, 2.45) is 5.73 Å². The van der Waals surface area contributed by atoms with E-state index in [0.29, 0.717) is 4.47 Å². The summed E-state index contributed by atoms with van der Waals surface area (Å²) in [5.41, 5.74) is 4.94. The van der Waals surface area contributed by atoms with Gasteiger partial charge in [-0.05, 0) is 33.6 Å². The van der Waals surface area contributed by atoms with Gasteiger partial charge in [-0.3, -0.25) is 0 Å². The van der Waals surface area contributed by atoms with Crippen LogP contribution in [0.4, 0.5) is 13.2 Å². The van der Waals surface area contributed by atoms with Crippen LogP contribution >= 0.6 is 27.5 Å². The first-order valence-electron chi connectivity index (χ1n) is 3.59. The number of nitrogens with two attached hydrogens (primary N) is 1. The Morgan fingerprint density at radius 2 is 1.93 bits per heavy atom. The normalized spacial score (nSPS) is 14.1.